The second-order valence-electron chi connectivity index (χ2n) is 5.99. The van der Waals surface area contributed by atoms with Crippen LogP contribution in [-0.2, 0) is 11.4 Å². The van der Waals surface area contributed by atoms with E-state index in [9.17, 15) is 4.55 Å². The Morgan fingerprint density at radius 1 is 1.14 bits per heavy atom. The molecular weight excluding hydrogens is 296 g/mol. The number of hydrogen-bond donors (Lipinski definition) is 1. The average molecular weight is 320 g/mol. The summed E-state index contributed by atoms with van der Waals surface area (Å²) >= 11 is -1.17. The minimum absolute atomic E-state index is 0.493. The molecule has 2 aliphatic rings. The molecule has 1 atom stereocenters. The van der Waals surface area contributed by atoms with Crippen LogP contribution in [0.5, 0.6) is 0 Å². The minimum atomic E-state index is -1.17. The summed E-state index contributed by atoms with van der Waals surface area (Å²) in [5, 5.41) is 3.34. The summed E-state index contributed by atoms with van der Waals surface area (Å²) in [7, 11) is 0. The molecule has 0 bridgehead atoms. The Labute approximate surface area is 135 Å². The van der Waals surface area contributed by atoms with Crippen molar-refractivity contribution in [1.82, 2.24) is 14.5 Å². The van der Waals surface area contributed by atoms with Gasteiger partial charge in [-0.1, -0.05) is 26.0 Å². The van der Waals surface area contributed by atoms with Crippen molar-refractivity contribution in [2.75, 3.05) is 39.3 Å². The lowest BCUT2D eigenvalue weighted by Crippen LogP contribution is -2.52. The van der Waals surface area contributed by atoms with Gasteiger partial charge in [0.05, 0.1) is 13.1 Å². The van der Waals surface area contributed by atoms with E-state index in [1.54, 1.807) is 0 Å². The summed E-state index contributed by atoms with van der Waals surface area (Å²) in [6.45, 7) is 9.58. The molecule has 6 heteroatoms. The first-order valence-electron chi connectivity index (χ1n) is 7.96. The molecule has 1 aromatic rings. The fraction of sp³-hybridized carbons (Fsp3) is 0.562. The zero-order valence-electron chi connectivity index (χ0n) is 13.3. The largest absolute Gasteiger partial charge is 0.588 e. The Bertz CT molecular complexity index is 525. The van der Waals surface area contributed by atoms with E-state index >= 15 is 0 Å². The van der Waals surface area contributed by atoms with Gasteiger partial charge in [-0.2, -0.15) is 4.31 Å². The van der Waals surface area contributed by atoms with Gasteiger partial charge in [0.1, 0.15) is 11.4 Å². The molecule has 0 spiro atoms. The lowest BCUT2D eigenvalue weighted by molar-refractivity contribution is 0.334. The van der Waals surface area contributed by atoms with E-state index < -0.39 is 11.4 Å². The third-order valence-corrected chi connectivity index (χ3v) is 5.55. The number of piperazine rings is 1. The molecule has 1 fully saturated rings. The normalized spacial score (nSPS) is 20.5. The highest BCUT2D eigenvalue weighted by atomic mass is 32.2. The molecule has 2 aliphatic heterocycles. The molecule has 0 saturated carbocycles. The Morgan fingerprint density at radius 3 is 2.45 bits per heavy atom. The molecular formula is C16H24N4OS. The Morgan fingerprint density at radius 2 is 1.82 bits per heavy atom. The van der Waals surface area contributed by atoms with Crippen LogP contribution in [0, 0.1) is 0 Å². The standard InChI is InChI=1S/C16H24N4OS/c1-13(2)14-3-5-15(6-4-14)22(21)20-12-9-18-16(20)19-10-7-17-8-11-19/h3-6,13,17H,7-12H2,1-2H3. The van der Waals surface area contributed by atoms with Crippen LogP contribution in [0.15, 0.2) is 34.2 Å². The highest BCUT2D eigenvalue weighted by Crippen LogP contribution is 2.23. The lowest BCUT2D eigenvalue weighted by atomic mass is 10.0. The van der Waals surface area contributed by atoms with Gasteiger partial charge < -0.3 is 14.8 Å². The Hall–Kier alpha value is -1.24. The van der Waals surface area contributed by atoms with Crippen LogP contribution in [0.4, 0.5) is 0 Å². The van der Waals surface area contributed by atoms with Crippen LogP contribution in [0.25, 0.3) is 0 Å². The van der Waals surface area contributed by atoms with Gasteiger partial charge in [0.2, 0.25) is 5.96 Å². The Kier molecular flexibility index (Phi) is 4.90. The summed E-state index contributed by atoms with van der Waals surface area (Å²) < 4.78 is 14.8. The molecule has 5 nitrogen and oxygen atoms in total. The van der Waals surface area contributed by atoms with E-state index in [1.807, 2.05) is 16.4 Å². The number of hydrogen-bond acceptors (Lipinski definition) is 5. The maximum atomic E-state index is 12.9. The number of nitrogens with one attached hydrogen (secondary N) is 1. The van der Waals surface area contributed by atoms with Gasteiger partial charge in [0.25, 0.3) is 0 Å². The molecule has 2 heterocycles. The molecule has 0 radical (unpaired) electrons. The van der Waals surface area contributed by atoms with Crippen LogP contribution >= 0.6 is 0 Å². The second kappa shape index (κ2) is 6.89. The third kappa shape index (κ3) is 3.24. The zero-order valence-corrected chi connectivity index (χ0v) is 14.1. The van der Waals surface area contributed by atoms with Crippen molar-refractivity contribution in [3.63, 3.8) is 0 Å². The van der Waals surface area contributed by atoms with E-state index in [2.05, 4.69) is 41.2 Å². The van der Waals surface area contributed by atoms with E-state index in [-0.39, 0.29) is 0 Å². The molecule has 22 heavy (non-hydrogen) atoms. The predicted octanol–water partition coefficient (Wildman–Crippen LogP) is 1.41. The molecule has 1 N–H and O–H groups in total. The number of rotatable bonds is 3. The SMILES string of the molecule is CC(C)c1ccc([S+]([O-])N2CCN=C2N2CCNCC2)cc1. The fourth-order valence-corrected chi connectivity index (χ4v) is 3.99. The molecule has 120 valence electrons. The quantitative estimate of drug-likeness (QED) is 0.856. The maximum Gasteiger partial charge on any atom is 0.240 e. The van der Waals surface area contributed by atoms with Gasteiger partial charge in [-0.05, 0) is 23.6 Å². The van der Waals surface area contributed by atoms with Crippen molar-refractivity contribution in [3.8, 4) is 0 Å². The number of nitrogens with zero attached hydrogens (tertiary/aromatic N) is 3. The van der Waals surface area contributed by atoms with Gasteiger partial charge in [-0.25, -0.2) is 4.99 Å². The van der Waals surface area contributed by atoms with Crippen LogP contribution in [0.2, 0.25) is 0 Å². The zero-order chi connectivity index (χ0) is 15.5. The van der Waals surface area contributed by atoms with Gasteiger partial charge in [0, 0.05) is 26.2 Å². The van der Waals surface area contributed by atoms with Crippen molar-refractivity contribution in [2.45, 2.75) is 24.7 Å². The summed E-state index contributed by atoms with van der Waals surface area (Å²) in [5.74, 6) is 1.39. The smallest absolute Gasteiger partial charge is 0.240 e. The highest BCUT2D eigenvalue weighted by Gasteiger charge is 2.33. The van der Waals surface area contributed by atoms with Gasteiger partial charge in [0.15, 0.2) is 4.90 Å². The van der Waals surface area contributed by atoms with E-state index in [0.29, 0.717) is 5.92 Å². The van der Waals surface area contributed by atoms with Crippen molar-refractivity contribution in [1.29, 1.82) is 0 Å². The second-order valence-corrected chi connectivity index (χ2v) is 7.40. The first-order chi connectivity index (χ1) is 10.7. The van der Waals surface area contributed by atoms with Gasteiger partial charge in [-0.15, -0.1) is 0 Å². The first-order valence-corrected chi connectivity index (χ1v) is 9.07. The van der Waals surface area contributed by atoms with Gasteiger partial charge >= 0.3 is 0 Å². The number of aliphatic imine (C=N–C) groups is 1. The average Bonchev–Trinajstić information content (AvgIpc) is 3.04. The fourth-order valence-electron chi connectivity index (χ4n) is 2.80. The molecule has 0 aromatic heterocycles. The summed E-state index contributed by atoms with van der Waals surface area (Å²) in [6, 6.07) is 8.13. The van der Waals surface area contributed by atoms with Crippen LogP contribution in [-0.4, -0.2) is 59.0 Å². The van der Waals surface area contributed by atoms with Crippen LogP contribution < -0.4 is 5.32 Å². The topological polar surface area (TPSA) is 53.9 Å². The summed E-state index contributed by atoms with van der Waals surface area (Å²) in [6.07, 6.45) is 0. The molecule has 1 saturated heterocycles. The lowest BCUT2D eigenvalue weighted by Gasteiger charge is -2.33. The summed E-state index contributed by atoms with van der Waals surface area (Å²) in [4.78, 5) is 7.68. The van der Waals surface area contributed by atoms with Crippen molar-refractivity contribution in [2.24, 2.45) is 4.99 Å². The monoisotopic (exact) mass is 320 g/mol. The summed E-state index contributed by atoms with van der Waals surface area (Å²) in [5.41, 5.74) is 1.28. The third-order valence-electron chi connectivity index (χ3n) is 4.13. The molecule has 0 amide bonds. The molecule has 3 rings (SSSR count). The first kappa shape index (κ1) is 15.6. The van der Waals surface area contributed by atoms with Crippen LogP contribution in [0.3, 0.4) is 0 Å². The van der Waals surface area contributed by atoms with E-state index in [1.165, 1.54) is 5.56 Å². The highest BCUT2D eigenvalue weighted by molar-refractivity contribution is 7.89. The molecule has 1 aromatic carbocycles. The molecule has 0 aliphatic carbocycles. The van der Waals surface area contributed by atoms with E-state index in [4.69, 9.17) is 0 Å². The van der Waals surface area contributed by atoms with Crippen molar-refractivity contribution < 1.29 is 4.55 Å². The maximum absolute atomic E-state index is 12.9. The van der Waals surface area contributed by atoms with Crippen LogP contribution in [0.1, 0.15) is 25.3 Å². The van der Waals surface area contributed by atoms with Crippen molar-refractivity contribution in [3.05, 3.63) is 29.8 Å². The molecule has 1 unspecified atom stereocenters. The number of guanidine groups is 1. The predicted molar refractivity (Wildman–Crippen MR) is 90.4 cm³/mol. The number of benzene rings is 1. The van der Waals surface area contributed by atoms with E-state index in [0.717, 1.165) is 50.1 Å². The Balaban J connectivity index is 1.73. The van der Waals surface area contributed by atoms with Crippen molar-refractivity contribution >= 4 is 17.3 Å². The van der Waals surface area contributed by atoms with Gasteiger partial charge in [-0.3, -0.25) is 0 Å². The minimum Gasteiger partial charge on any atom is -0.588 e.